The fourth-order valence-electron chi connectivity index (χ4n) is 1.45. The summed E-state index contributed by atoms with van der Waals surface area (Å²) in [5, 5.41) is 6.84. The van der Waals surface area contributed by atoms with Crippen LogP contribution in [0.25, 0.3) is 20.9 Å². The normalized spacial score (nSPS) is 27.9. The van der Waals surface area contributed by atoms with Crippen molar-refractivity contribution in [2.45, 2.75) is 31.8 Å². The predicted molar refractivity (Wildman–Crippen MR) is 51.9 cm³/mol. The van der Waals surface area contributed by atoms with Crippen LogP contribution in [0.5, 0.6) is 0 Å². The molecule has 82 valence electrons. The van der Waals surface area contributed by atoms with Gasteiger partial charge in [0.05, 0.1) is 25.3 Å². The van der Waals surface area contributed by atoms with Crippen LogP contribution in [0.15, 0.2) is 10.2 Å². The molecular formula is C7H12N6O2. The Morgan fingerprint density at radius 1 is 1.07 bits per heavy atom. The Hall–Kier alpha value is -1.46. The number of nitrogens with zero attached hydrogens (tertiary/aromatic N) is 6. The van der Waals surface area contributed by atoms with Crippen molar-refractivity contribution in [3.63, 3.8) is 0 Å². The molecule has 0 saturated carbocycles. The average molecular weight is 212 g/mol. The molecule has 0 aliphatic carbocycles. The van der Waals surface area contributed by atoms with Crippen LogP contribution in [0.4, 0.5) is 0 Å². The molecule has 1 rings (SSSR count). The molecule has 0 radical (unpaired) electrons. The van der Waals surface area contributed by atoms with Crippen molar-refractivity contribution < 1.29 is 9.47 Å². The molecule has 0 amide bonds. The van der Waals surface area contributed by atoms with Crippen LogP contribution in [0, 0.1) is 0 Å². The smallest absolute Gasteiger partial charge is 0.163 e. The average Bonchev–Trinajstić information content (AvgIpc) is 2.47. The topological polar surface area (TPSA) is 116 Å². The van der Waals surface area contributed by atoms with Crippen molar-refractivity contribution >= 4 is 0 Å². The Kier molecular flexibility index (Phi) is 3.76. The van der Waals surface area contributed by atoms with E-state index in [-0.39, 0.29) is 25.3 Å². The Labute approximate surface area is 86.4 Å². The molecule has 2 unspecified atom stereocenters. The molecule has 1 fully saturated rings. The van der Waals surface area contributed by atoms with Gasteiger partial charge in [0.1, 0.15) is 0 Å². The minimum Gasteiger partial charge on any atom is -0.344 e. The largest absolute Gasteiger partial charge is 0.344 e. The molecule has 0 bridgehead atoms. The Morgan fingerprint density at radius 3 is 1.80 bits per heavy atom. The van der Waals surface area contributed by atoms with Gasteiger partial charge in [0.15, 0.2) is 5.79 Å². The summed E-state index contributed by atoms with van der Waals surface area (Å²) in [6.45, 7) is 3.86. The monoisotopic (exact) mass is 212 g/mol. The zero-order valence-corrected chi connectivity index (χ0v) is 8.57. The van der Waals surface area contributed by atoms with E-state index in [4.69, 9.17) is 20.5 Å². The van der Waals surface area contributed by atoms with Gasteiger partial charge >= 0.3 is 0 Å². The highest BCUT2D eigenvalue weighted by Crippen LogP contribution is 2.28. The molecule has 0 aromatic carbocycles. The van der Waals surface area contributed by atoms with Gasteiger partial charge in [-0.25, -0.2) is 0 Å². The van der Waals surface area contributed by atoms with E-state index < -0.39 is 5.79 Å². The third kappa shape index (κ3) is 3.30. The zero-order valence-electron chi connectivity index (χ0n) is 8.57. The third-order valence-corrected chi connectivity index (χ3v) is 1.93. The van der Waals surface area contributed by atoms with Crippen LogP contribution in [-0.2, 0) is 9.47 Å². The van der Waals surface area contributed by atoms with Gasteiger partial charge in [0.25, 0.3) is 0 Å². The maximum absolute atomic E-state index is 8.20. The van der Waals surface area contributed by atoms with Crippen molar-refractivity contribution in [3.05, 3.63) is 20.9 Å². The first-order valence-electron chi connectivity index (χ1n) is 4.46. The first-order valence-corrected chi connectivity index (χ1v) is 4.46. The highest BCUT2D eigenvalue weighted by atomic mass is 16.8. The lowest BCUT2D eigenvalue weighted by molar-refractivity contribution is -0.144. The lowest BCUT2D eigenvalue weighted by Gasteiger charge is -2.16. The molecule has 0 aromatic rings. The van der Waals surface area contributed by atoms with E-state index >= 15 is 0 Å². The lowest BCUT2D eigenvalue weighted by Crippen LogP contribution is -2.27. The highest BCUT2D eigenvalue weighted by molar-refractivity contribution is 4.84. The van der Waals surface area contributed by atoms with Crippen LogP contribution < -0.4 is 0 Å². The molecule has 1 aliphatic rings. The van der Waals surface area contributed by atoms with Crippen LogP contribution >= 0.6 is 0 Å². The minimum atomic E-state index is -0.731. The SMILES string of the molecule is CC1(C)OC(CN=[N+]=[N-])C(CN=[N+]=[N-])O1. The number of ether oxygens (including phenoxy) is 2. The first kappa shape index (κ1) is 11.6. The van der Waals surface area contributed by atoms with Gasteiger partial charge in [-0.3, -0.25) is 0 Å². The second kappa shape index (κ2) is 4.86. The summed E-state index contributed by atoms with van der Waals surface area (Å²) in [4.78, 5) is 5.30. The molecule has 1 aliphatic heterocycles. The summed E-state index contributed by atoms with van der Waals surface area (Å²) in [5.41, 5.74) is 16.4. The van der Waals surface area contributed by atoms with E-state index in [1.165, 1.54) is 0 Å². The molecule has 8 nitrogen and oxygen atoms in total. The molecule has 0 N–H and O–H groups in total. The van der Waals surface area contributed by atoms with Crippen molar-refractivity contribution in [3.8, 4) is 0 Å². The van der Waals surface area contributed by atoms with E-state index in [1.807, 2.05) is 0 Å². The number of rotatable bonds is 4. The van der Waals surface area contributed by atoms with Gasteiger partial charge < -0.3 is 9.47 Å². The van der Waals surface area contributed by atoms with Gasteiger partial charge in [-0.05, 0) is 24.9 Å². The van der Waals surface area contributed by atoms with Gasteiger partial charge in [0, 0.05) is 9.82 Å². The number of azide groups is 2. The summed E-state index contributed by atoms with van der Waals surface area (Å²) in [5.74, 6) is -0.731. The maximum atomic E-state index is 8.20. The van der Waals surface area contributed by atoms with Gasteiger partial charge in [-0.1, -0.05) is 10.2 Å². The molecule has 0 aromatic heterocycles. The van der Waals surface area contributed by atoms with Crippen molar-refractivity contribution in [2.75, 3.05) is 13.1 Å². The van der Waals surface area contributed by atoms with Gasteiger partial charge in [-0.15, -0.1) is 0 Å². The van der Waals surface area contributed by atoms with Crippen molar-refractivity contribution in [1.82, 2.24) is 0 Å². The Bertz CT molecular complexity index is 287. The van der Waals surface area contributed by atoms with Crippen molar-refractivity contribution in [1.29, 1.82) is 0 Å². The summed E-state index contributed by atoms with van der Waals surface area (Å²) in [6, 6.07) is 0. The van der Waals surface area contributed by atoms with Crippen LogP contribution in [0.2, 0.25) is 0 Å². The number of hydrogen-bond donors (Lipinski definition) is 0. The fourth-order valence-corrected chi connectivity index (χ4v) is 1.45. The number of hydrogen-bond acceptors (Lipinski definition) is 4. The lowest BCUT2D eigenvalue weighted by atomic mass is 10.2. The zero-order chi connectivity index (χ0) is 11.3. The molecule has 1 saturated heterocycles. The maximum Gasteiger partial charge on any atom is 0.163 e. The molecule has 1 heterocycles. The van der Waals surface area contributed by atoms with E-state index in [0.29, 0.717) is 0 Å². The van der Waals surface area contributed by atoms with Crippen molar-refractivity contribution in [2.24, 2.45) is 10.2 Å². The Morgan fingerprint density at radius 2 is 1.47 bits per heavy atom. The second-order valence-corrected chi connectivity index (χ2v) is 3.54. The van der Waals surface area contributed by atoms with E-state index in [2.05, 4.69) is 20.1 Å². The van der Waals surface area contributed by atoms with Crippen LogP contribution in [0.3, 0.4) is 0 Å². The van der Waals surface area contributed by atoms with Gasteiger partial charge in [0.2, 0.25) is 0 Å². The minimum absolute atomic E-state index is 0.172. The predicted octanol–water partition coefficient (Wildman–Crippen LogP) is 2.13. The molecule has 2 atom stereocenters. The fraction of sp³-hybridized carbons (Fsp3) is 1.00. The van der Waals surface area contributed by atoms with Crippen LogP contribution in [-0.4, -0.2) is 31.1 Å². The first-order chi connectivity index (χ1) is 7.09. The Balaban J connectivity index is 2.64. The summed E-state index contributed by atoms with van der Waals surface area (Å²) >= 11 is 0. The van der Waals surface area contributed by atoms with Gasteiger partial charge in [-0.2, -0.15) is 0 Å². The quantitative estimate of drug-likeness (QED) is 0.403. The standard InChI is InChI=1S/C7H12N6O2/c1-7(2)14-5(3-10-12-8)6(15-7)4-11-13-9/h5-6H,3-4H2,1-2H3. The summed E-state index contributed by atoms with van der Waals surface area (Å²) in [7, 11) is 0. The third-order valence-electron chi connectivity index (χ3n) is 1.93. The van der Waals surface area contributed by atoms with Crippen LogP contribution in [0.1, 0.15) is 13.8 Å². The van der Waals surface area contributed by atoms with E-state index in [0.717, 1.165) is 0 Å². The van der Waals surface area contributed by atoms with E-state index in [9.17, 15) is 0 Å². The summed E-state index contributed by atoms with van der Waals surface area (Å²) in [6.07, 6.45) is -0.720. The highest BCUT2D eigenvalue weighted by Gasteiger charge is 2.40. The summed E-state index contributed by atoms with van der Waals surface area (Å²) < 4.78 is 11.0. The van der Waals surface area contributed by atoms with E-state index in [1.54, 1.807) is 13.8 Å². The molecule has 0 spiro atoms. The molecule has 8 heteroatoms. The molecule has 15 heavy (non-hydrogen) atoms. The molecular weight excluding hydrogens is 200 g/mol. The second-order valence-electron chi connectivity index (χ2n) is 3.54.